The van der Waals surface area contributed by atoms with Crippen LogP contribution in [-0.2, 0) is 28.5 Å². The Kier molecular flexibility index (Phi) is 10.2. The van der Waals surface area contributed by atoms with Crippen LogP contribution in [0.25, 0.3) is 0 Å². The van der Waals surface area contributed by atoms with Gasteiger partial charge >= 0.3 is 18.3 Å². The highest BCUT2D eigenvalue weighted by atomic mass is 19.4. The Balaban J connectivity index is 1.09. The molecule has 0 aliphatic carbocycles. The van der Waals surface area contributed by atoms with Gasteiger partial charge in [0.15, 0.2) is 6.10 Å². The summed E-state index contributed by atoms with van der Waals surface area (Å²) in [6.07, 6.45) is -2.70. The fourth-order valence-corrected chi connectivity index (χ4v) is 7.25. The fraction of sp³-hybridized carbons (Fsp3) is 0.559. The maximum absolute atomic E-state index is 13.8. The third-order valence-electron chi connectivity index (χ3n) is 9.95. The quantitative estimate of drug-likeness (QED) is 0.484. The number of ether oxygens (including phenoxy) is 1. The number of rotatable bonds is 6. The molecule has 4 aliphatic rings. The Morgan fingerprint density at radius 3 is 2.30 bits per heavy atom. The minimum atomic E-state index is -4.53. The van der Waals surface area contributed by atoms with Gasteiger partial charge in [0.25, 0.3) is 5.91 Å². The highest BCUT2D eigenvalue weighted by Crippen LogP contribution is 2.30. The van der Waals surface area contributed by atoms with E-state index in [1.54, 1.807) is 4.90 Å². The number of carbonyl (C=O) groups excluding carboxylic acids is 3. The average molecular weight is 657 g/mol. The van der Waals surface area contributed by atoms with Crippen molar-refractivity contribution in [2.45, 2.75) is 62.9 Å². The van der Waals surface area contributed by atoms with Gasteiger partial charge < -0.3 is 30.1 Å². The van der Waals surface area contributed by atoms with Crippen LogP contribution in [-0.4, -0.2) is 115 Å². The Morgan fingerprint density at radius 1 is 0.851 bits per heavy atom. The Morgan fingerprint density at radius 2 is 1.57 bits per heavy atom. The number of carbonyl (C=O) groups is 3. The van der Waals surface area contributed by atoms with Gasteiger partial charge in [-0.05, 0) is 68.5 Å². The lowest BCUT2D eigenvalue weighted by atomic mass is 10.0. The summed E-state index contributed by atoms with van der Waals surface area (Å²) < 4.78 is 46.3. The second-order valence-corrected chi connectivity index (χ2v) is 12.9. The number of para-hydroxylation sites is 1. The highest BCUT2D eigenvalue weighted by molar-refractivity contribution is 5.91. The van der Waals surface area contributed by atoms with Crippen LogP contribution >= 0.6 is 0 Å². The lowest BCUT2D eigenvalue weighted by molar-refractivity contribution is -0.143. The van der Waals surface area contributed by atoms with E-state index in [-0.39, 0.29) is 24.1 Å². The predicted octanol–water partition coefficient (Wildman–Crippen LogP) is 4.20. The minimum absolute atomic E-state index is 0.0628. The van der Waals surface area contributed by atoms with E-state index in [1.807, 2.05) is 29.2 Å². The number of hydrogen-bond acceptors (Lipinski definition) is 6. The Labute approximate surface area is 273 Å². The van der Waals surface area contributed by atoms with Gasteiger partial charge in [0.05, 0.1) is 5.56 Å². The van der Waals surface area contributed by atoms with E-state index < -0.39 is 29.8 Å². The maximum Gasteiger partial charge on any atom is 0.416 e. The van der Waals surface area contributed by atoms with Crippen LogP contribution in [0, 0.1) is 0 Å². The molecule has 4 aliphatic heterocycles. The van der Waals surface area contributed by atoms with Crippen molar-refractivity contribution in [3.8, 4) is 0 Å². The molecule has 0 radical (unpaired) electrons. The summed E-state index contributed by atoms with van der Waals surface area (Å²) >= 11 is 0. The summed E-state index contributed by atoms with van der Waals surface area (Å²) in [5, 5.41) is 6.36. The van der Waals surface area contributed by atoms with E-state index >= 15 is 0 Å². The number of alkyl halides is 3. The summed E-state index contributed by atoms with van der Waals surface area (Å²) in [6.45, 7) is 5.49. The monoisotopic (exact) mass is 656 g/mol. The van der Waals surface area contributed by atoms with E-state index in [9.17, 15) is 27.6 Å². The number of hydrogen-bond donors (Lipinski definition) is 2. The lowest BCUT2D eigenvalue weighted by Gasteiger charge is -2.41. The van der Waals surface area contributed by atoms with Gasteiger partial charge in [-0.25, -0.2) is 9.59 Å². The van der Waals surface area contributed by atoms with E-state index in [4.69, 9.17) is 4.74 Å². The van der Waals surface area contributed by atoms with Crippen molar-refractivity contribution in [1.29, 1.82) is 0 Å². The fourth-order valence-electron chi connectivity index (χ4n) is 7.25. The first-order valence-corrected chi connectivity index (χ1v) is 16.7. The summed E-state index contributed by atoms with van der Waals surface area (Å²) in [4.78, 5) is 47.7. The maximum atomic E-state index is 13.8. The molecule has 2 N–H and O–H groups in total. The van der Waals surface area contributed by atoms with Crippen LogP contribution in [0.5, 0.6) is 0 Å². The Bertz CT molecular complexity index is 1420. The first-order chi connectivity index (χ1) is 22.7. The molecule has 47 heavy (non-hydrogen) atoms. The molecule has 0 saturated carbocycles. The number of halogens is 3. The molecule has 254 valence electrons. The lowest BCUT2D eigenvalue weighted by Crippen LogP contribution is -2.56. The van der Waals surface area contributed by atoms with Crippen LogP contribution in [0.3, 0.4) is 0 Å². The molecular weight excluding hydrogens is 613 g/mol. The molecule has 1 atom stereocenters. The predicted molar refractivity (Wildman–Crippen MR) is 170 cm³/mol. The molecule has 3 fully saturated rings. The van der Waals surface area contributed by atoms with E-state index in [0.29, 0.717) is 64.7 Å². The van der Waals surface area contributed by atoms with Gasteiger partial charge in [-0.2, -0.15) is 13.2 Å². The molecule has 6 rings (SSSR count). The molecule has 13 heteroatoms. The van der Waals surface area contributed by atoms with Crippen molar-refractivity contribution in [2.24, 2.45) is 0 Å². The third-order valence-corrected chi connectivity index (χ3v) is 9.95. The van der Waals surface area contributed by atoms with Crippen LogP contribution in [0.15, 0.2) is 48.5 Å². The zero-order valence-corrected chi connectivity index (χ0v) is 26.5. The SMILES string of the molecule is O=C(O[C@H](Cc1cccc(C(F)(F)F)c1)C(=O)N1CCN(C2CCNCC2)CC1)N1CCC(N2CCc3ccccc3NC2=O)CC1. The minimum Gasteiger partial charge on any atom is -0.436 e. The van der Waals surface area contributed by atoms with Gasteiger partial charge in [-0.3, -0.25) is 9.69 Å². The number of urea groups is 1. The zero-order valence-electron chi connectivity index (χ0n) is 26.5. The highest BCUT2D eigenvalue weighted by Gasteiger charge is 2.37. The normalized spacial score (nSPS) is 21.1. The second kappa shape index (κ2) is 14.5. The largest absolute Gasteiger partial charge is 0.436 e. The van der Waals surface area contributed by atoms with Crippen molar-refractivity contribution < 1.29 is 32.3 Å². The van der Waals surface area contributed by atoms with Crippen molar-refractivity contribution in [3.63, 3.8) is 0 Å². The van der Waals surface area contributed by atoms with E-state index in [0.717, 1.165) is 55.7 Å². The molecule has 0 spiro atoms. The number of amides is 4. The Hall–Kier alpha value is -3.84. The van der Waals surface area contributed by atoms with Crippen molar-refractivity contribution in [1.82, 2.24) is 24.9 Å². The number of nitrogens with zero attached hydrogens (tertiary/aromatic N) is 4. The first kappa shape index (κ1) is 33.1. The number of benzene rings is 2. The van der Waals surface area contributed by atoms with Crippen LogP contribution < -0.4 is 10.6 Å². The molecular formula is C34H43F3N6O4. The van der Waals surface area contributed by atoms with Gasteiger partial charge in [-0.1, -0.05) is 36.4 Å². The number of fused-ring (bicyclic) bond motifs is 1. The summed E-state index contributed by atoms with van der Waals surface area (Å²) in [5.74, 6) is -0.392. The van der Waals surface area contributed by atoms with Gasteiger partial charge in [-0.15, -0.1) is 0 Å². The molecule has 2 aromatic carbocycles. The summed E-state index contributed by atoms with van der Waals surface area (Å²) in [5.41, 5.74) is 1.34. The van der Waals surface area contributed by atoms with Gasteiger partial charge in [0.2, 0.25) is 0 Å². The standard InChI is InChI=1S/C34H43F3N6O4/c35-34(36,37)26-6-3-4-24(22-26)23-30(31(44)41-20-18-40(19-21-41)27-8-13-38-14-9-27)47-33(46)42-15-11-28(12-16-42)43-17-10-25-5-1-2-7-29(25)39-32(43)45/h1-7,22,27-28,30,38H,8-21,23H2,(H,39,45)/t30-/m1/s1. The van der Waals surface area contributed by atoms with Crippen LogP contribution in [0.1, 0.15) is 42.4 Å². The molecule has 3 saturated heterocycles. The number of anilines is 1. The molecule has 10 nitrogen and oxygen atoms in total. The first-order valence-electron chi connectivity index (χ1n) is 16.7. The number of nitrogens with one attached hydrogen (secondary N) is 2. The average Bonchev–Trinajstić information content (AvgIpc) is 3.26. The van der Waals surface area contributed by atoms with Crippen molar-refractivity contribution in [2.75, 3.05) is 64.2 Å². The van der Waals surface area contributed by atoms with Crippen molar-refractivity contribution >= 4 is 23.7 Å². The van der Waals surface area contributed by atoms with Crippen molar-refractivity contribution in [3.05, 3.63) is 65.2 Å². The molecule has 0 unspecified atom stereocenters. The van der Waals surface area contributed by atoms with Gasteiger partial charge in [0.1, 0.15) is 0 Å². The number of piperidine rings is 2. The van der Waals surface area contributed by atoms with Crippen LogP contribution in [0.2, 0.25) is 0 Å². The topological polar surface area (TPSA) is 97.5 Å². The molecule has 4 amide bonds. The van der Waals surface area contributed by atoms with Crippen LogP contribution in [0.4, 0.5) is 28.4 Å². The second-order valence-electron chi connectivity index (χ2n) is 12.9. The summed E-state index contributed by atoms with van der Waals surface area (Å²) in [6, 6.07) is 12.8. The smallest absolute Gasteiger partial charge is 0.416 e. The number of likely N-dealkylation sites (tertiary alicyclic amines) is 1. The summed E-state index contributed by atoms with van der Waals surface area (Å²) in [7, 11) is 0. The van der Waals surface area contributed by atoms with Gasteiger partial charge in [0, 0.05) is 70.0 Å². The zero-order chi connectivity index (χ0) is 33.0. The molecule has 0 bridgehead atoms. The molecule has 0 aromatic heterocycles. The van der Waals surface area contributed by atoms with E-state index in [1.165, 1.54) is 17.0 Å². The van der Waals surface area contributed by atoms with E-state index in [2.05, 4.69) is 15.5 Å². The molecule has 2 aromatic rings. The third kappa shape index (κ3) is 8.01. The molecule has 4 heterocycles. The number of piperazine rings is 1.